The molecule has 96 valence electrons. The van der Waals surface area contributed by atoms with E-state index in [0.717, 1.165) is 25.2 Å². The zero-order valence-corrected chi connectivity index (χ0v) is 11.5. The second-order valence-corrected chi connectivity index (χ2v) is 6.35. The maximum Gasteiger partial charge on any atom is 0.0809 e. The minimum Gasteiger partial charge on any atom is -0.390 e. The molecule has 1 aliphatic rings. The van der Waals surface area contributed by atoms with Gasteiger partial charge in [-0.25, -0.2) is 0 Å². The Hall–Kier alpha value is -0.0800. The summed E-state index contributed by atoms with van der Waals surface area (Å²) in [5, 5.41) is 9.73. The van der Waals surface area contributed by atoms with E-state index in [0.29, 0.717) is 11.5 Å². The predicted octanol–water partition coefficient (Wildman–Crippen LogP) is 3.38. The van der Waals surface area contributed by atoms with E-state index in [1.165, 1.54) is 6.42 Å². The van der Waals surface area contributed by atoms with Gasteiger partial charge in [0.2, 0.25) is 0 Å². The van der Waals surface area contributed by atoms with Gasteiger partial charge in [0.1, 0.15) is 0 Å². The van der Waals surface area contributed by atoms with E-state index in [9.17, 15) is 5.11 Å². The molecule has 1 rings (SSSR count). The Morgan fingerprint density at radius 3 is 2.50 bits per heavy atom. The van der Waals surface area contributed by atoms with Crippen molar-refractivity contribution in [2.75, 3.05) is 0 Å². The van der Waals surface area contributed by atoms with Crippen LogP contribution in [0.15, 0.2) is 0 Å². The largest absolute Gasteiger partial charge is 0.390 e. The topological polar surface area (TPSA) is 29.5 Å². The fourth-order valence-electron chi connectivity index (χ4n) is 3.09. The lowest BCUT2D eigenvalue weighted by Gasteiger charge is -2.40. The summed E-state index contributed by atoms with van der Waals surface area (Å²) in [7, 11) is 0. The van der Waals surface area contributed by atoms with Crippen molar-refractivity contribution in [3.63, 3.8) is 0 Å². The molecule has 1 aliphatic carbocycles. The monoisotopic (exact) mass is 228 g/mol. The Kier molecular flexibility index (Phi) is 4.81. The van der Waals surface area contributed by atoms with E-state index in [2.05, 4.69) is 20.8 Å². The van der Waals surface area contributed by atoms with Crippen molar-refractivity contribution in [2.45, 2.75) is 78.6 Å². The van der Waals surface area contributed by atoms with Crippen LogP contribution in [0.1, 0.15) is 60.3 Å². The van der Waals surface area contributed by atoms with Crippen molar-refractivity contribution in [1.29, 1.82) is 0 Å². The minimum atomic E-state index is -0.319. The van der Waals surface area contributed by atoms with Crippen molar-refractivity contribution in [3.8, 4) is 0 Å². The molecule has 0 amide bonds. The molecule has 0 aromatic heterocycles. The van der Waals surface area contributed by atoms with Crippen LogP contribution in [-0.4, -0.2) is 23.4 Å². The molecule has 1 N–H and O–H groups in total. The van der Waals surface area contributed by atoms with Crippen LogP contribution in [0.3, 0.4) is 0 Å². The van der Waals surface area contributed by atoms with E-state index in [-0.39, 0.29) is 12.2 Å². The summed E-state index contributed by atoms with van der Waals surface area (Å²) < 4.78 is 6.00. The zero-order chi connectivity index (χ0) is 12.3. The van der Waals surface area contributed by atoms with Gasteiger partial charge in [-0.05, 0) is 43.9 Å². The highest BCUT2D eigenvalue weighted by Crippen LogP contribution is 2.40. The first kappa shape index (κ1) is 14.0. The third kappa shape index (κ3) is 4.06. The average Bonchev–Trinajstić information content (AvgIpc) is 2.12. The summed E-state index contributed by atoms with van der Waals surface area (Å²) in [4.78, 5) is 0. The lowest BCUT2D eigenvalue weighted by Crippen LogP contribution is -2.37. The van der Waals surface area contributed by atoms with Gasteiger partial charge < -0.3 is 9.84 Å². The third-order valence-corrected chi connectivity index (χ3v) is 3.71. The van der Waals surface area contributed by atoms with Gasteiger partial charge >= 0.3 is 0 Å². The predicted molar refractivity (Wildman–Crippen MR) is 67.4 cm³/mol. The first-order valence-corrected chi connectivity index (χ1v) is 6.67. The summed E-state index contributed by atoms with van der Waals surface area (Å²) in [6.45, 7) is 10.9. The number of hydrogen-bond donors (Lipinski definition) is 1. The van der Waals surface area contributed by atoms with Crippen LogP contribution in [0.25, 0.3) is 0 Å². The van der Waals surface area contributed by atoms with Crippen molar-refractivity contribution < 1.29 is 9.84 Å². The van der Waals surface area contributed by atoms with Crippen LogP contribution in [0.5, 0.6) is 0 Å². The van der Waals surface area contributed by atoms with Gasteiger partial charge in [-0.1, -0.05) is 27.7 Å². The highest BCUT2D eigenvalue weighted by atomic mass is 16.5. The average molecular weight is 228 g/mol. The van der Waals surface area contributed by atoms with Gasteiger partial charge in [0.05, 0.1) is 18.3 Å². The fraction of sp³-hybridized carbons (Fsp3) is 1.00. The summed E-state index contributed by atoms with van der Waals surface area (Å²) in [6, 6.07) is 0. The van der Waals surface area contributed by atoms with Crippen LogP contribution < -0.4 is 0 Å². The molecule has 1 fully saturated rings. The van der Waals surface area contributed by atoms with Crippen molar-refractivity contribution >= 4 is 0 Å². The summed E-state index contributed by atoms with van der Waals surface area (Å²) in [6.07, 6.45) is 4.30. The third-order valence-electron chi connectivity index (χ3n) is 3.71. The minimum absolute atomic E-state index is 0.0314. The normalized spacial score (nSPS) is 33.4. The number of hydrogen-bond acceptors (Lipinski definition) is 2. The van der Waals surface area contributed by atoms with E-state index in [1.54, 1.807) is 0 Å². The second-order valence-electron chi connectivity index (χ2n) is 6.35. The molecule has 0 heterocycles. The lowest BCUT2D eigenvalue weighted by molar-refractivity contribution is -0.101. The van der Waals surface area contributed by atoms with Crippen LogP contribution in [0, 0.1) is 11.3 Å². The molecule has 0 aliphatic heterocycles. The molecule has 0 aromatic carbocycles. The molecule has 0 aromatic rings. The number of aliphatic hydroxyl groups excluding tert-OH is 1. The van der Waals surface area contributed by atoms with Gasteiger partial charge in [-0.15, -0.1) is 0 Å². The van der Waals surface area contributed by atoms with Crippen LogP contribution in [-0.2, 0) is 4.74 Å². The first-order valence-electron chi connectivity index (χ1n) is 6.67. The Labute approximate surface area is 100 Å². The van der Waals surface area contributed by atoms with Crippen molar-refractivity contribution in [2.24, 2.45) is 11.3 Å². The highest BCUT2D eigenvalue weighted by Gasteiger charge is 2.33. The van der Waals surface area contributed by atoms with E-state index in [4.69, 9.17) is 4.74 Å². The second kappa shape index (κ2) is 5.50. The molecule has 0 bridgehead atoms. The summed E-state index contributed by atoms with van der Waals surface area (Å²) in [5.41, 5.74) is 0.388. The van der Waals surface area contributed by atoms with Gasteiger partial charge in [-0.3, -0.25) is 0 Å². The molecular weight excluding hydrogens is 200 g/mol. The van der Waals surface area contributed by atoms with Gasteiger partial charge in [0.15, 0.2) is 0 Å². The SMILES string of the molecule is CCC(O)C(C)OC1CC(C)CC(C)(C)C1. The highest BCUT2D eigenvalue weighted by molar-refractivity contribution is 4.84. The van der Waals surface area contributed by atoms with Crippen molar-refractivity contribution in [1.82, 2.24) is 0 Å². The fourth-order valence-corrected chi connectivity index (χ4v) is 3.09. The molecule has 1 saturated carbocycles. The van der Waals surface area contributed by atoms with Crippen LogP contribution in [0.2, 0.25) is 0 Å². The Balaban J connectivity index is 2.48. The molecule has 0 radical (unpaired) electrons. The maximum absolute atomic E-state index is 9.73. The standard InChI is InChI=1S/C14H28O2/c1-6-13(15)11(3)16-12-7-10(2)8-14(4,5)9-12/h10-13,15H,6-9H2,1-5H3. The smallest absolute Gasteiger partial charge is 0.0809 e. The number of aliphatic hydroxyl groups is 1. The van der Waals surface area contributed by atoms with E-state index < -0.39 is 0 Å². The molecule has 0 saturated heterocycles. The Bertz CT molecular complexity index is 213. The number of ether oxygens (including phenoxy) is 1. The quantitative estimate of drug-likeness (QED) is 0.799. The summed E-state index contributed by atoms with van der Waals surface area (Å²) >= 11 is 0. The van der Waals surface area contributed by atoms with Gasteiger partial charge in [0.25, 0.3) is 0 Å². The van der Waals surface area contributed by atoms with Gasteiger partial charge in [0, 0.05) is 0 Å². The Morgan fingerprint density at radius 1 is 1.38 bits per heavy atom. The molecule has 0 spiro atoms. The molecule has 2 nitrogen and oxygen atoms in total. The first-order chi connectivity index (χ1) is 7.34. The van der Waals surface area contributed by atoms with Crippen molar-refractivity contribution in [3.05, 3.63) is 0 Å². The van der Waals surface area contributed by atoms with Crippen LogP contribution in [0.4, 0.5) is 0 Å². The van der Waals surface area contributed by atoms with E-state index in [1.807, 2.05) is 13.8 Å². The molecule has 4 atom stereocenters. The molecule has 2 heteroatoms. The lowest BCUT2D eigenvalue weighted by atomic mass is 9.71. The Morgan fingerprint density at radius 2 is 2.00 bits per heavy atom. The molecule has 16 heavy (non-hydrogen) atoms. The number of rotatable bonds is 4. The molecule has 4 unspecified atom stereocenters. The zero-order valence-electron chi connectivity index (χ0n) is 11.5. The van der Waals surface area contributed by atoms with E-state index >= 15 is 0 Å². The summed E-state index contributed by atoms with van der Waals surface area (Å²) in [5.74, 6) is 0.736. The maximum atomic E-state index is 9.73. The van der Waals surface area contributed by atoms with Crippen LogP contribution >= 0.6 is 0 Å². The van der Waals surface area contributed by atoms with Gasteiger partial charge in [-0.2, -0.15) is 0 Å². The molecular formula is C14H28O2.